The summed E-state index contributed by atoms with van der Waals surface area (Å²) >= 11 is 0. The molecule has 0 saturated carbocycles. The van der Waals surface area contributed by atoms with Crippen molar-refractivity contribution < 1.29 is 8.83 Å². The molecule has 0 spiro atoms. The van der Waals surface area contributed by atoms with Crippen LogP contribution in [0.5, 0.6) is 0 Å². The molecule has 320 valence electrons. The highest BCUT2D eigenvalue weighted by Gasteiger charge is 2.24. The van der Waals surface area contributed by atoms with Crippen molar-refractivity contribution in [2.75, 3.05) is 0 Å². The number of hydrogen-bond acceptors (Lipinski definition) is 5. The lowest BCUT2D eigenvalue weighted by atomic mass is 9.93. The minimum atomic E-state index is 0.504. The number of nitrogens with zero attached hydrogens (tertiary/aromatic N) is 4. The third kappa shape index (κ3) is 5.57. The first-order valence-electron chi connectivity index (χ1n) is 23.3. The average Bonchev–Trinajstić information content (AvgIpc) is 4.11. The summed E-state index contributed by atoms with van der Waals surface area (Å²) in [5.41, 5.74) is 10.9. The van der Waals surface area contributed by atoms with E-state index in [1.54, 1.807) is 0 Å². The van der Waals surface area contributed by atoms with E-state index in [0.717, 1.165) is 88.2 Å². The van der Waals surface area contributed by atoms with Gasteiger partial charge in [0, 0.05) is 54.7 Å². The van der Waals surface area contributed by atoms with Gasteiger partial charge in [0.2, 0.25) is 0 Å². The normalized spacial score (nSPS) is 12.1. The summed E-state index contributed by atoms with van der Waals surface area (Å²) in [6, 6.07) is 76.7. The van der Waals surface area contributed by atoms with Crippen molar-refractivity contribution in [3.05, 3.63) is 218 Å². The van der Waals surface area contributed by atoms with Crippen molar-refractivity contribution in [1.82, 2.24) is 19.5 Å². The van der Waals surface area contributed by atoms with E-state index in [0.29, 0.717) is 23.1 Å². The fourth-order valence-electron chi connectivity index (χ4n) is 11.0. The van der Waals surface area contributed by atoms with Crippen LogP contribution in [0.25, 0.3) is 149 Å². The van der Waals surface area contributed by atoms with Gasteiger partial charge in [0.05, 0.1) is 22.2 Å². The van der Waals surface area contributed by atoms with Crippen LogP contribution in [0, 0.1) is 0 Å². The second-order valence-corrected chi connectivity index (χ2v) is 17.8. The van der Waals surface area contributed by atoms with Gasteiger partial charge in [-0.25, -0.2) is 15.0 Å². The first-order valence-corrected chi connectivity index (χ1v) is 23.3. The predicted octanol–water partition coefficient (Wildman–Crippen LogP) is 16.9. The van der Waals surface area contributed by atoms with Gasteiger partial charge in [-0.2, -0.15) is 0 Å². The predicted molar refractivity (Wildman–Crippen MR) is 283 cm³/mol. The maximum absolute atomic E-state index is 7.21. The van der Waals surface area contributed by atoms with E-state index in [2.05, 4.69) is 199 Å². The Morgan fingerprint density at radius 3 is 1.43 bits per heavy atom. The van der Waals surface area contributed by atoms with E-state index < -0.39 is 0 Å². The molecule has 4 heterocycles. The number of hydrogen-bond donors (Lipinski definition) is 0. The van der Waals surface area contributed by atoms with E-state index in [-0.39, 0.29) is 0 Å². The van der Waals surface area contributed by atoms with Gasteiger partial charge in [-0.3, -0.25) is 0 Å². The first-order chi connectivity index (χ1) is 34.2. The van der Waals surface area contributed by atoms with Crippen LogP contribution in [-0.2, 0) is 0 Å². The largest absolute Gasteiger partial charge is 0.455 e. The van der Waals surface area contributed by atoms with E-state index in [4.69, 9.17) is 23.8 Å². The molecule has 15 aromatic rings. The molecule has 69 heavy (non-hydrogen) atoms. The van der Waals surface area contributed by atoms with Gasteiger partial charge in [-0.1, -0.05) is 176 Å². The summed E-state index contributed by atoms with van der Waals surface area (Å²) in [5.74, 6) is 1.57. The Morgan fingerprint density at radius 2 is 0.754 bits per heavy atom. The van der Waals surface area contributed by atoms with Gasteiger partial charge >= 0.3 is 0 Å². The van der Waals surface area contributed by atoms with Crippen LogP contribution in [0.3, 0.4) is 0 Å². The van der Waals surface area contributed by atoms with Crippen LogP contribution in [0.2, 0.25) is 0 Å². The van der Waals surface area contributed by atoms with Gasteiger partial charge in [0.25, 0.3) is 0 Å². The number of benzene rings is 11. The van der Waals surface area contributed by atoms with Crippen molar-refractivity contribution in [3.8, 4) is 51.0 Å². The summed E-state index contributed by atoms with van der Waals surface area (Å²) in [6.45, 7) is 0. The molecule has 0 fully saturated rings. The molecule has 0 atom stereocenters. The molecule has 0 amide bonds. The van der Waals surface area contributed by atoms with Crippen LogP contribution in [0.1, 0.15) is 0 Å². The summed E-state index contributed by atoms with van der Waals surface area (Å²) in [4.78, 5) is 16.0. The zero-order valence-corrected chi connectivity index (χ0v) is 36.9. The molecule has 0 aliphatic carbocycles. The standard InChI is InChI=1S/C63H36N4O2/c1-2-16-38(17-3-1)67-55-32-10-8-22-44(55)46-24-12-25-47(57(46)67)49-27-13-28-50-51-29-15-31-53(60(51)69-58(49)50)63-65-61(64-62(66-63)52-30-14-26-48-45-23-9-11-33-56(45)68-59(48)52)37-34-35-43-41-20-5-4-18-39(41)40-19-6-7-21-42(40)54(43)36-37/h1-36H. The van der Waals surface area contributed by atoms with Crippen LogP contribution in [0.4, 0.5) is 0 Å². The summed E-state index contributed by atoms with van der Waals surface area (Å²) in [6.07, 6.45) is 0. The highest BCUT2D eigenvalue weighted by Crippen LogP contribution is 2.45. The quantitative estimate of drug-likeness (QED) is 0.161. The van der Waals surface area contributed by atoms with Crippen molar-refractivity contribution in [3.63, 3.8) is 0 Å². The van der Waals surface area contributed by atoms with Gasteiger partial charge in [-0.15, -0.1) is 0 Å². The topological polar surface area (TPSA) is 69.9 Å². The second-order valence-electron chi connectivity index (χ2n) is 17.8. The molecule has 0 bridgehead atoms. The van der Waals surface area contributed by atoms with E-state index >= 15 is 0 Å². The lowest BCUT2D eigenvalue weighted by molar-refractivity contribution is 0.669. The maximum Gasteiger partial charge on any atom is 0.167 e. The minimum absolute atomic E-state index is 0.504. The molecule has 11 aromatic carbocycles. The summed E-state index contributed by atoms with van der Waals surface area (Å²) < 4.78 is 16.2. The van der Waals surface area contributed by atoms with Crippen molar-refractivity contribution in [2.24, 2.45) is 0 Å². The molecule has 0 N–H and O–H groups in total. The first kappa shape index (κ1) is 37.8. The van der Waals surface area contributed by atoms with Gasteiger partial charge < -0.3 is 13.4 Å². The van der Waals surface area contributed by atoms with Crippen LogP contribution >= 0.6 is 0 Å². The smallest absolute Gasteiger partial charge is 0.167 e. The monoisotopic (exact) mass is 880 g/mol. The fourth-order valence-corrected chi connectivity index (χ4v) is 11.0. The zero-order valence-electron chi connectivity index (χ0n) is 36.9. The molecular formula is C63H36N4O2. The molecule has 0 aliphatic rings. The Hall–Kier alpha value is -9.39. The Morgan fingerprint density at radius 1 is 0.290 bits per heavy atom. The third-order valence-electron chi connectivity index (χ3n) is 14.0. The summed E-state index contributed by atoms with van der Waals surface area (Å²) in [5, 5.41) is 13.6. The number of fused-ring (bicyclic) bond motifs is 15. The Bertz CT molecular complexity index is 4580. The van der Waals surface area contributed by atoms with E-state index in [1.165, 1.54) is 37.7 Å². The maximum atomic E-state index is 7.21. The summed E-state index contributed by atoms with van der Waals surface area (Å²) in [7, 11) is 0. The van der Waals surface area contributed by atoms with Crippen molar-refractivity contribution in [1.29, 1.82) is 0 Å². The fraction of sp³-hybridized carbons (Fsp3) is 0. The van der Waals surface area contributed by atoms with Gasteiger partial charge in [-0.05, 0) is 74.8 Å². The van der Waals surface area contributed by atoms with Crippen LogP contribution < -0.4 is 0 Å². The SMILES string of the molecule is c1ccc(-n2c3ccccc3c3cccc(-c4cccc5c4oc4c(-c6nc(-c7ccc8c9ccccc9c9ccccc9c8c7)nc(-c7cccc8c7oc7ccccc78)n6)cccc45)c32)cc1. The molecule has 0 saturated heterocycles. The zero-order chi connectivity index (χ0) is 45.2. The average molecular weight is 881 g/mol. The third-order valence-corrected chi connectivity index (χ3v) is 14.0. The molecule has 15 rings (SSSR count). The molecule has 0 aliphatic heterocycles. The number of rotatable bonds is 5. The van der Waals surface area contributed by atoms with Crippen molar-refractivity contribution in [2.45, 2.75) is 0 Å². The molecular weight excluding hydrogens is 845 g/mol. The number of para-hydroxylation sites is 7. The van der Waals surface area contributed by atoms with Crippen molar-refractivity contribution >= 4 is 98.0 Å². The van der Waals surface area contributed by atoms with Crippen LogP contribution in [-0.4, -0.2) is 19.5 Å². The highest BCUT2D eigenvalue weighted by atomic mass is 16.3. The van der Waals surface area contributed by atoms with E-state index in [1.807, 2.05) is 24.3 Å². The highest BCUT2D eigenvalue weighted by molar-refractivity contribution is 6.26. The minimum Gasteiger partial charge on any atom is -0.455 e. The van der Waals surface area contributed by atoms with Gasteiger partial charge in [0.15, 0.2) is 17.5 Å². The molecule has 0 radical (unpaired) electrons. The molecule has 0 unspecified atom stereocenters. The Kier molecular flexibility index (Phi) is 7.97. The molecule has 6 nitrogen and oxygen atoms in total. The number of aromatic nitrogens is 4. The molecule has 4 aromatic heterocycles. The van der Waals surface area contributed by atoms with E-state index in [9.17, 15) is 0 Å². The van der Waals surface area contributed by atoms with Crippen LogP contribution in [0.15, 0.2) is 227 Å². The van der Waals surface area contributed by atoms with Gasteiger partial charge in [0.1, 0.15) is 22.3 Å². The Balaban J connectivity index is 0.982. The lowest BCUT2D eigenvalue weighted by Crippen LogP contribution is -2.00. The molecule has 6 heteroatoms. The number of furan rings is 2. The second kappa shape index (κ2) is 14.6. The lowest BCUT2D eigenvalue weighted by Gasteiger charge is -2.12. The Labute approximate surface area is 394 Å².